The molecule has 2 aliphatic rings. The molecular weight excluding hydrogens is 265 g/mol. The first-order valence-corrected chi connectivity index (χ1v) is 7.24. The van der Waals surface area contributed by atoms with Crippen molar-refractivity contribution >= 4 is 0 Å². The van der Waals surface area contributed by atoms with E-state index in [4.69, 9.17) is 0 Å². The van der Waals surface area contributed by atoms with Crippen LogP contribution >= 0.6 is 0 Å². The quantitative estimate of drug-likeness (QED) is 0.855. The highest BCUT2D eigenvalue weighted by molar-refractivity contribution is 5.24. The van der Waals surface area contributed by atoms with E-state index in [1.165, 1.54) is 0 Å². The van der Waals surface area contributed by atoms with Crippen molar-refractivity contribution < 1.29 is 13.2 Å². The maximum atomic E-state index is 14.1. The number of halogens is 3. The Morgan fingerprint density at radius 3 is 2.35 bits per heavy atom. The zero-order valence-corrected chi connectivity index (χ0v) is 11.3. The van der Waals surface area contributed by atoms with Gasteiger partial charge in [-0.25, -0.2) is 13.2 Å². The van der Waals surface area contributed by atoms with Crippen molar-refractivity contribution in [1.82, 2.24) is 10.2 Å². The molecule has 1 aliphatic carbocycles. The molecule has 2 nitrogen and oxygen atoms in total. The monoisotopic (exact) mass is 284 g/mol. The number of nitrogens with zero attached hydrogens (tertiary/aromatic N) is 1. The minimum atomic E-state index is -1.11. The Kier molecular flexibility index (Phi) is 3.98. The molecule has 1 heterocycles. The van der Waals surface area contributed by atoms with E-state index in [0.717, 1.165) is 51.5 Å². The molecule has 1 saturated carbocycles. The predicted octanol–water partition coefficient (Wildman–Crippen LogP) is 2.85. The van der Waals surface area contributed by atoms with Crippen molar-refractivity contribution in [3.05, 3.63) is 35.1 Å². The second-order valence-electron chi connectivity index (χ2n) is 5.77. The van der Waals surface area contributed by atoms with Gasteiger partial charge in [0.1, 0.15) is 5.82 Å². The van der Waals surface area contributed by atoms with Crippen molar-refractivity contribution in [2.75, 3.05) is 26.2 Å². The van der Waals surface area contributed by atoms with Gasteiger partial charge < -0.3 is 5.32 Å². The summed E-state index contributed by atoms with van der Waals surface area (Å²) in [5.74, 6) is -2.11. The summed E-state index contributed by atoms with van der Waals surface area (Å²) in [7, 11) is 0. The highest BCUT2D eigenvalue weighted by Crippen LogP contribution is 2.41. The van der Waals surface area contributed by atoms with E-state index in [-0.39, 0.29) is 6.04 Å². The molecule has 2 fully saturated rings. The summed E-state index contributed by atoms with van der Waals surface area (Å²) in [5, 5.41) is 3.26. The van der Waals surface area contributed by atoms with E-state index >= 15 is 0 Å². The molecule has 3 rings (SSSR count). The summed E-state index contributed by atoms with van der Waals surface area (Å²) >= 11 is 0. The van der Waals surface area contributed by atoms with Crippen LogP contribution in [0, 0.1) is 23.4 Å². The van der Waals surface area contributed by atoms with Crippen LogP contribution in [0.5, 0.6) is 0 Å². The van der Waals surface area contributed by atoms with E-state index in [9.17, 15) is 13.2 Å². The molecule has 20 heavy (non-hydrogen) atoms. The fourth-order valence-electron chi connectivity index (χ4n) is 2.93. The zero-order valence-electron chi connectivity index (χ0n) is 11.3. The molecule has 110 valence electrons. The van der Waals surface area contributed by atoms with E-state index in [2.05, 4.69) is 10.2 Å². The smallest absolute Gasteiger partial charge is 0.161 e. The van der Waals surface area contributed by atoms with E-state index in [0.29, 0.717) is 17.5 Å². The molecule has 0 aromatic heterocycles. The Balaban J connectivity index is 1.88. The van der Waals surface area contributed by atoms with Crippen LogP contribution in [-0.4, -0.2) is 31.1 Å². The van der Waals surface area contributed by atoms with Gasteiger partial charge in [-0.15, -0.1) is 0 Å². The number of hydrogen-bond donors (Lipinski definition) is 1. The lowest BCUT2D eigenvalue weighted by Gasteiger charge is -2.35. The van der Waals surface area contributed by atoms with E-state index in [1.54, 1.807) is 0 Å². The molecule has 0 spiro atoms. The van der Waals surface area contributed by atoms with Crippen molar-refractivity contribution in [3.63, 3.8) is 0 Å². The first kappa shape index (κ1) is 13.9. The Labute approximate surface area is 117 Å². The fourth-order valence-corrected chi connectivity index (χ4v) is 2.93. The third kappa shape index (κ3) is 2.99. The van der Waals surface area contributed by atoms with Crippen molar-refractivity contribution in [3.8, 4) is 0 Å². The highest BCUT2D eigenvalue weighted by atomic mass is 19.2. The summed E-state index contributed by atoms with van der Waals surface area (Å²) in [6.07, 6.45) is 3.16. The van der Waals surface area contributed by atoms with Crippen molar-refractivity contribution in [2.24, 2.45) is 5.92 Å². The normalized spacial score (nSPS) is 21.9. The summed E-state index contributed by atoms with van der Waals surface area (Å²) < 4.78 is 40.6. The van der Waals surface area contributed by atoms with Crippen LogP contribution in [0.1, 0.15) is 30.9 Å². The second-order valence-corrected chi connectivity index (χ2v) is 5.77. The van der Waals surface area contributed by atoms with Gasteiger partial charge in [0.25, 0.3) is 0 Å². The average molecular weight is 284 g/mol. The van der Waals surface area contributed by atoms with Gasteiger partial charge in [-0.05, 0) is 18.4 Å². The van der Waals surface area contributed by atoms with Gasteiger partial charge in [0, 0.05) is 43.9 Å². The third-order valence-corrected chi connectivity index (χ3v) is 4.24. The predicted molar refractivity (Wildman–Crippen MR) is 70.8 cm³/mol. The Bertz CT molecular complexity index is 482. The van der Waals surface area contributed by atoms with Gasteiger partial charge in [0.15, 0.2) is 11.6 Å². The molecule has 5 heteroatoms. The molecule has 0 radical (unpaired) electrons. The minimum Gasteiger partial charge on any atom is -0.314 e. The van der Waals surface area contributed by atoms with Gasteiger partial charge in [-0.3, -0.25) is 4.90 Å². The van der Waals surface area contributed by atoms with Crippen LogP contribution in [0.25, 0.3) is 0 Å². The number of hydrogen-bond acceptors (Lipinski definition) is 2. The van der Waals surface area contributed by atoms with Crippen LogP contribution in [0.2, 0.25) is 0 Å². The molecule has 1 aromatic rings. The maximum Gasteiger partial charge on any atom is 0.161 e. The molecule has 0 amide bonds. The molecule has 1 atom stereocenters. The second kappa shape index (κ2) is 5.74. The summed E-state index contributed by atoms with van der Waals surface area (Å²) in [6, 6.07) is 1.58. The third-order valence-electron chi connectivity index (χ3n) is 4.24. The summed E-state index contributed by atoms with van der Waals surface area (Å²) in [6.45, 7) is 3.34. The molecule has 0 bridgehead atoms. The van der Waals surface area contributed by atoms with Crippen LogP contribution in [0.3, 0.4) is 0 Å². The summed E-state index contributed by atoms with van der Waals surface area (Å²) in [5.41, 5.74) is 0.303. The minimum absolute atomic E-state index is 0.139. The highest BCUT2D eigenvalue weighted by Gasteiger charge is 2.32. The molecular formula is C15H19F3N2. The number of benzene rings is 1. The lowest BCUT2D eigenvalue weighted by molar-refractivity contribution is 0.157. The number of nitrogens with one attached hydrogen (secondary N) is 1. The largest absolute Gasteiger partial charge is 0.314 e. The number of rotatable bonds is 4. The fraction of sp³-hybridized carbons (Fsp3) is 0.600. The van der Waals surface area contributed by atoms with Gasteiger partial charge in [0.05, 0.1) is 0 Å². The maximum absolute atomic E-state index is 14.1. The molecule has 0 unspecified atom stereocenters. The first-order chi connectivity index (χ1) is 9.65. The van der Waals surface area contributed by atoms with Crippen molar-refractivity contribution in [2.45, 2.75) is 25.3 Å². The van der Waals surface area contributed by atoms with Crippen LogP contribution in [0.15, 0.2) is 12.1 Å². The van der Waals surface area contributed by atoms with Crippen LogP contribution in [-0.2, 0) is 0 Å². The Morgan fingerprint density at radius 2 is 1.70 bits per heavy atom. The van der Waals surface area contributed by atoms with Gasteiger partial charge in [-0.2, -0.15) is 0 Å². The van der Waals surface area contributed by atoms with Gasteiger partial charge >= 0.3 is 0 Å². The van der Waals surface area contributed by atoms with E-state index < -0.39 is 17.5 Å². The molecule has 1 saturated heterocycles. The molecule has 1 N–H and O–H groups in total. The standard InChI is InChI=1S/C15H19F3N2/c16-12-9-14(18)13(17)8-11(12)15(7-10-1-2-10)20-5-3-19-4-6-20/h8-10,15,19H,1-7H2/t15-/m1/s1. The number of piperazine rings is 1. The van der Waals surface area contributed by atoms with Gasteiger partial charge in [-0.1, -0.05) is 12.8 Å². The molecule has 1 aliphatic heterocycles. The van der Waals surface area contributed by atoms with Gasteiger partial charge in [0.2, 0.25) is 0 Å². The molecule has 1 aromatic carbocycles. The summed E-state index contributed by atoms with van der Waals surface area (Å²) in [4.78, 5) is 2.19. The average Bonchev–Trinajstić information content (AvgIpc) is 3.26. The lowest BCUT2D eigenvalue weighted by atomic mass is 9.98. The zero-order chi connectivity index (χ0) is 14.1. The first-order valence-electron chi connectivity index (χ1n) is 7.24. The Morgan fingerprint density at radius 1 is 1.05 bits per heavy atom. The van der Waals surface area contributed by atoms with Crippen LogP contribution < -0.4 is 5.32 Å². The lowest BCUT2D eigenvalue weighted by Crippen LogP contribution is -2.45. The Hall–Kier alpha value is -1.07. The SMILES string of the molecule is Fc1cc(F)c([C@@H](CC2CC2)N2CCNCC2)cc1F. The van der Waals surface area contributed by atoms with Crippen LogP contribution in [0.4, 0.5) is 13.2 Å². The van der Waals surface area contributed by atoms with Crippen molar-refractivity contribution in [1.29, 1.82) is 0 Å². The van der Waals surface area contributed by atoms with E-state index in [1.807, 2.05) is 0 Å². The topological polar surface area (TPSA) is 15.3 Å².